The Hall–Kier alpha value is -2.05. The first kappa shape index (κ1) is 13.0. The third-order valence-electron chi connectivity index (χ3n) is 1.55. The Bertz CT molecular complexity index is 444. The van der Waals surface area contributed by atoms with Gasteiger partial charge in [0.25, 0.3) is 0 Å². The fourth-order valence-electron chi connectivity index (χ4n) is 1.05. The van der Waals surface area contributed by atoms with Crippen molar-refractivity contribution in [3.63, 3.8) is 0 Å². The Morgan fingerprint density at radius 2 is 2.00 bits per heavy atom. The number of amides is 1. The highest BCUT2D eigenvalue weighted by atomic mass is 16.6. The lowest BCUT2D eigenvalue weighted by Gasteiger charge is -2.18. The number of aromatic carboxylic acids is 1. The van der Waals surface area contributed by atoms with Crippen LogP contribution >= 0.6 is 0 Å². The third-order valence-corrected chi connectivity index (χ3v) is 1.55. The molecule has 0 fully saturated rings. The molecule has 0 atom stereocenters. The molecular weight excluding hydrogens is 228 g/mol. The molecule has 1 aromatic heterocycles. The smallest absolute Gasteiger partial charge is 0.414 e. The molecule has 0 aliphatic heterocycles. The molecule has 1 aromatic rings. The number of hydrogen-bond donors (Lipinski definition) is 2. The summed E-state index contributed by atoms with van der Waals surface area (Å²) in [6.07, 6.45) is -0.795. The van der Waals surface area contributed by atoms with Crippen LogP contribution in [-0.2, 0) is 4.74 Å². The van der Waals surface area contributed by atoms with Crippen LogP contribution in [0.4, 0.5) is 10.7 Å². The van der Waals surface area contributed by atoms with E-state index in [1.54, 1.807) is 20.8 Å². The Morgan fingerprint density at radius 1 is 1.41 bits per heavy atom. The van der Waals surface area contributed by atoms with E-state index in [9.17, 15) is 9.59 Å². The van der Waals surface area contributed by atoms with E-state index >= 15 is 0 Å². The third kappa shape index (κ3) is 3.78. The molecule has 0 aliphatic rings. The number of aryl methyl sites for hydroxylation is 1. The molecule has 0 aliphatic carbocycles. The van der Waals surface area contributed by atoms with Crippen molar-refractivity contribution in [1.82, 2.24) is 4.98 Å². The number of ether oxygens (including phenoxy) is 1. The van der Waals surface area contributed by atoms with Crippen LogP contribution in [0, 0.1) is 6.92 Å². The Balaban J connectivity index is 2.81. The number of carboxylic acid groups (broad SMARTS) is 1. The number of carbonyl (C=O) groups excluding carboxylic acids is 1. The topological polar surface area (TPSA) is 102 Å². The number of nitrogens with zero attached hydrogens (tertiary/aromatic N) is 1. The molecule has 0 saturated carbocycles. The number of carbonyl (C=O) groups is 2. The summed E-state index contributed by atoms with van der Waals surface area (Å²) in [6.45, 7) is 6.55. The number of anilines is 1. The van der Waals surface area contributed by atoms with Crippen LogP contribution < -0.4 is 5.32 Å². The molecule has 0 aromatic carbocycles. The van der Waals surface area contributed by atoms with Crippen LogP contribution in [0.25, 0.3) is 0 Å². The van der Waals surface area contributed by atoms with Gasteiger partial charge < -0.3 is 14.3 Å². The average Bonchev–Trinajstić information content (AvgIpc) is 2.42. The first-order valence-electron chi connectivity index (χ1n) is 4.90. The molecule has 7 heteroatoms. The van der Waals surface area contributed by atoms with Crippen LogP contribution in [0.15, 0.2) is 4.42 Å². The number of rotatable bonds is 2. The lowest BCUT2D eigenvalue weighted by atomic mass is 10.2. The van der Waals surface area contributed by atoms with Crippen molar-refractivity contribution in [2.75, 3.05) is 5.32 Å². The van der Waals surface area contributed by atoms with Gasteiger partial charge in [0.15, 0.2) is 5.89 Å². The van der Waals surface area contributed by atoms with E-state index < -0.39 is 17.7 Å². The maximum atomic E-state index is 11.4. The lowest BCUT2D eigenvalue weighted by Crippen LogP contribution is -2.27. The van der Waals surface area contributed by atoms with Gasteiger partial charge in [-0.2, -0.15) is 0 Å². The van der Waals surface area contributed by atoms with Crippen molar-refractivity contribution in [2.45, 2.75) is 33.3 Å². The Kier molecular flexibility index (Phi) is 3.40. The van der Waals surface area contributed by atoms with Crippen LogP contribution in [0.2, 0.25) is 0 Å². The number of hydrogen-bond acceptors (Lipinski definition) is 5. The van der Waals surface area contributed by atoms with Crippen molar-refractivity contribution in [2.24, 2.45) is 0 Å². The van der Waals surface area contributed by atoms with E-state index in [1.165, 1.54) is 6.92 Å². The quantitative estimate of drug-likeness (QED) is 0.822. The molecule has 17 heavy (non-hydrogen) atoms. The van der Waals surface area contributed by atoms with Gasteiger partial charge in [0.2, 0.25) is 11.6 Å². The van der Waals surface area contributed by atoms with Gasteiger partial charge >= 0.3 is 12.1 Å². The van der Waals surface area contributed by atoms with Gasteiger partial charge in [-0.3, -0.25) is 5.32 Å². The Morgan fingerprint density at radius 3 is 2.47 bits per heavy atom. The summed E-state index contributed by atoms with van der Waals surface area (Å²) in [6, 6.07) is 0. The molecule has 2 N–H and O–H groups in total. The van der Waals surface area contributed by atoms with Gasteiger partial charge in [-0.1, -0.05) is 0 Å². The molecular formula is C10H14N2O5. The van der Waals surface area contributed by atoms with Crippen LogP contribution in [-0.4, -0.2) is 27.8 Å². The van der Waals surface area contributed by atoms with Gasteiger partial charge in [-0.05, 0) is 20.8 Å². The van der Waals surface area contributed by atoms with Gasteiger partial charge in [0.1, 0.15) is 5.60 Å². The standard InChI is InChI=1S/C10H14N2O5/c1-5-11-6(8(13)14)7(16-5)12-9(15)17-10(2,3)4/h1-4H3,(H,12,15)(H,13,14). The van der Waals surface area contributed by atoms with Crippen LogP contribution in [0.1, 0.15) is 37.2 Å². The molecule has 0 spiro atoms. The Labute approximate surface area is 97.8 Å². The van der Waals surface area contributed by atoms with Gasteiger partial charge in [0, 0.05) is 6.92 Å². The summed E-state index contributed by atoms with van der Waals surface area (Å²) >= 11 is 0. The summed E-state index contributed by atoms with van der Waals surface area (Å²) in [5.74, 6) is -1.37. The predicted octanol–water partition coefficient (Wildman–Crippen LogP) is 2.03. The van der Waals surface area contributed by atoms with Crippen molar-refractivity contribution in [3.05, 3.63) is 11.6 Å². The van der Waals surface area contributed by atoms with E-state index in [4.69, 9.17) is 14.3 Å². The maximum Gasteiger partial charge on any atom is 0.414 e. The van der Waals surface area contributed by atoms with E-state index in [2.05, 4.69) is 10.3 Å². The summed E-state index contributed by atoms with van der Waals surface area (Å²) in [5, 5.41) is 11.0. The van der Waals surface area contributed by atoms with E-state index in [0.717, 1.165) is 0 Å². The molecule has 0 saturated heterocycles. The minimum Gasteiger partial charge on any atom is -0.476 e. The van der Waals surface area contributed by atoms with Gasteiger partial charge in [-0.15, -0.1) is 0 Å². The molecule has 0 unspecified atom stereocenters. The maximum absolute atomic E-state index is 11.4. The molecule has 1 rings (SSSR count). The summed E-state index contributed by atoms with van der Waals surface area (Å²) in [5.41, 5.74) is -1.03. The zero-order valence-electron chi connectivity index (χ0n) is 10.0. The number of carboxylic acids is 1. The summed E-state index contributed by atoms with van der Waals surface area (Å²) < 4.78 is 9.91. The zero-order valence-corrected chi connectivity index (χ0v) is 10.0. The molecule has 0 bridgehead atoms. The monoisotopic (exact) mass is 242 g/mol. The molecule has 0 radical (unpaired) electrons. The summed E-state index contributed by atoms with van der Waals surface area (Å²) in [7, 11) is 0. The molecule has 7 nitrogen and oxygen atoms in total. The normalized spacial score (nSPS) is 11.1. The highest BCUT2D eigenvalue weighted by Crippen LogP contribution is 2.18. The average molecular weight is 242 g/mol. The first-order chi connectivity index (χ1) is 7.69. The van der Waals surface area contributed by atoms with Crippen molar-refractivity contribution < 1.29 is 23.8 Å². The van der Waals surface area contributed by atoms with E-state index in [-0.39, 0.29) is 17.5 Å². The van der Waals surface area contributed by atoms with E-state index in [1.807, 2.05) is 0 Å². The SMILES string of the molecule is Cc1nc(C(=O)O)c(NC(=O)OC(C)(C)C)o1. The molecule has 1 amide bonds. The number of oxazole rings is 1. The zero-order chi connectivity index (χ0) is 13.2. The summed E-state index contributed by atoms with van der Waals surface area (Å²) in [4.78, 5) is 25.8. The first-order valence-corrected chi connectivity index (χ1v) is 4.90. The highest BCUT2D eigenvalue weighted by molar-refractivity contribution is 5.95. The minimum absolute atomic E-state index is 0.147. The van der Waals surface area contributed by atoms with Crippen molar-refractivity contribution in [1.29, 1.82) is 0 Å². The fourth-order valence-corrected chi connectivity index (χ4v) is 1.05. The van der Waals surface area contributed by atoms with Gasteiger partial charge in [-0.25, -0.2) is 14.6 Å². The number of aromatic nitrogens is 1. The second-order valence-corrected chi connectivity index (χ2v) is 4.34. The van der Waals surface area contributed by atoms with Crippen LogP contribution in [0.3, 0.4) is 0 Å². The largest absolute Gasteiger partial charge is 0.476 e. The van der Waals surface area contributed by atoms with E-state index in [0.29, 0.717) is 0 Å². The van der Waals surface area contributed by atoms with Crippen molar-refractivity contribution >= 4 is 17.9 Å². The lowest BCUT2D eigenvalue weighted by molar-refractivity contribution is 0.0632. The predicted molar refractivity (Wildman–Crippen MR) is 58.1 cm³/mol. The van der Waals surface area contributed by atoms with Crippen LogP contribution in [0.5, 0.6) is 0 Å². The second-order valence-electron chi connectivity index (χ2n) is 4.34. The fraction of sp³-hybridized carbons (Fsp3) is 0.500. The molecule has 1 heterocycles. The molecule has 94 valence electrons. The highest BCUT2D eigenvalue weighted by Gasteiger charge is 2.22. The second kappa shape index (κ2) is 4.44. The number of nitrogens with one attached hydrogen (secondary N) is 1. The van der Waals surface area contributed by atoms with Gasteiger partial charge in [0.05, 0.1) is 0 Å². The minimum atomic E-state index is -1.28. The van der Waals surface area contributed by atoms with Crippen molar-refractivity contribution in [3.8, 4) is 0 Å².